The number of rotatable bonds is 1. The molecule has 0 atom stereocenters. The molecular formula is C13H11CoS2-3. The zero-order valence-corrected chi connectivity index (χ0v) is 11.2. The zero-order valence-electron chi connectivity index (χ0n) is 8.50. The average Bonchev–Trinajstić information content (AvgIpc) is 2.88. The van der Waals surface area contributed by atoms with Gasteiger partial charge in [-0.1, -0.05) is 30.3 Å². The van der Waals surface area contributed by atoms with Crippen LogP contribution in [0.1, 0.15) is 5.56 Å². The topological polar surface area (TPSA) is 0 Å². The van der Waals surface area contributed by atoms with Gasteiger partial charge >= 0.3 is 0 Å². The molecule has 0 unspecified atom stereocenters. The van der Waals surface area contributed by atoms with E-state index in [0.717, 1.165) is 10.5 Å². The molecule has 0 amide bonds. The smallest absolute Gasteiger partial charge is 0 e. The summed E-state index contributed by atoms with van der Waals surface area (Å²) in [5.41, 5.74) is 1.02. The Bertz CT molecular complexity index is 362. The van der Waals surface area contributed by atoms with Gasteiger partial charge in [-0.25, -0.2) is 17.5 Å². The maximum atomic E-state index is 4.96. The van der Waals surface area contributed by atoms with Crippen molar-refractivity contribution in [1.82, 2.24) is 0 Å². The number of benzene rings is 1. The standard InChI is InChI=1S/C8H8S2.C5H5.Co/c9-6-8(10)7-4-2-1-3-5-7;1-2-4-5-3-1;/h1-6,9-10H;1-5H;/q;-1;/p-2/b8-6-;;. The van der Waals surface area contributed by atoms with E-state index in [4.69, 9.17) is 25.3 Å². The van der Waals surface area contributed by atoms with Crippen LogP contribution >= 0.6 is 0 Å². The fraction of sp³-hybridized carbons (Fsp3) is 0. The molecule has 0 aliphatic carbocycles. The van der Waals surface area contributed by atoms with Crippen molar-refractivity contribution in [3.63, 3.8) is 0 Å². The predicted octanol–water partition coefficient (Wildman–Crippen LogP) is 3.48. The van der Waals surface area contributed by atoms with Crippen LogP contribution in [0.3, 0.4) is 0 Å². The van der Waals surface area contributed by atoms with Gasteiger partial charge in [-0.05, 0) is 5.56 Å². The Hall–Kier alpha value is -0.744. The van der Waals surface area contributed by atoms with Gasteiger partial charge < -0.3 is 25.3 Å². The molecule has 1 radical (unpaired) electrons. The van der Waals surface area contributed by atoms with E-state index in [9.17, 15) is 0 Å². The third-order valence-electron chi connectivity index (χ3n) is 1.72. The van der Waals surface area contributed by atoms with Gasteiger partial charge in [0.15, 0.2) is 0 Å². The van der Waals surface area contributed by atoms with Crippen molar-refractivity contribution in [1.29, 1.82) is 0 Å². The van der Waals surface area contributed by atoms with E-state index >= 15 is 0 Å². The normalized spacial score (nSPS) is 9.62. The molecule has 3 heteroatoms. The van der Waals surface area contributed by atoms with Crippen molar-refractivity contribution in [3.05, 3.63) is 71.6 Å². The first-order valence-corrected chi connectivity index (χ1v) is 5.44. The van der Waals surface area contributed by atoms with Crippen molar-refractivity contribution in [2.45, 2.75) is 0 Å². The fourth-order valence-electron chi connectivity index (χ4n) is 0.991. The molecule has 0 bridgehead atoms. The molecule has 0 spiro atoms. The molecule has 0 heterocycles. The Morgan fingerprint density at radius 1 is 1.00 bits per heavy atom. The molecule has 2 aromatic rings. The van der Waals surface area contributed by atoms with Crippen LogP contribution in [0.15, 0.2) is 66.1 Å². The van der Waals surface area contributed by atoms with E-state index in [1.807, 2.05) is 60.7 Å². The molecule has 2 aromatic carbocycles. The molecule has 0 fully saturated rings. The minimum Gasteiger partial charge on any atom is -0.789 e. The summed E-state index contributed by atoms with van der Waals surface area (Å²) in [4.78, 5) is 0.732. The second-order valence-corrected chi connectivity index (χ2v) is 3.49. The van der Waals surface area contributed by atoms with E-state index in [-0.39, 0.29) is 16.8 Å². The largest absolute Gasteiger partial charge is 0.789 e. The number of hydrogen-bond acceptors (Lipinski definition) is 2. The third kappa shape index (κ3) is 5.97. The minimum atomic E-state index is 0. The van der Waals surface area contributed by atoms with Gasteiger partial charge in [-0.15, -0.1) is 0 Å². The maximum Gasteiger partial charge on any atom is 0 e. The summed E-state index contributed by atoms with van der Waals surface area (Å²) in [6.07, 6.45) is 0. The molecule has 0 aliphatic rings. The van der Waals surface area contributed by atoms with Crippen LogP contribution in [-0.2, 0) is 42.0 Å². The van der Waals surface area contributed by atoms with Gasteiger partial charge in [0.05, 0.1) is 0 Å². The molecule has 16 heavy (non-hydrogen) atoms. The molecular weight excluding hydrogens is 279 g/mol. The molecule has 0 aromatic heterocycles. The summed E-state index contributed by atoms with van der Waals surface area (Å²) < 4.78 is 0. The molecule has 87 valence electrons. The Kier molecular flexibility index (Phi) is 9.04. The Balaban J connectivity index is 0.000000318. The summed E-state index contributed by atoms with van der Waals surface area (Å²) in [5, 5.41) is 1.52. The molecule has 0 N–H and O–H groups in total. The fourth-order valence-corrected chi connectivity index (χ4v) is 1.26. The quantitative estimate of drug-likeness (QED) is 0.582. The van der Waals surface area contributed by atoms with Crippen molar-refractivity contribution >= 4 is 30.2 Å². The summed E-state index contributed by atoms with van der Waals surface area (Å²) >= 11 is 9.65. The Labute approximate surface area is 118 Å². The molecule has 0 saturated carbocycles. The minimum absolute atomic E-state index is 0. The summed E-state index contributed by atoms with van der Waals surface area (Å²) in [6, 6.07) is 19.7. The summed E-state index contributed by atoms with van der Waals surface area (Å²) in [5.74, 6) is 0. The van der Waals surface area contributed by atoms with Crippen molar-refractivity contribution in [2.24, 2.45) is 0 Å². The molecule has 0 nitrogen and oxygen atoms in total. The Morgan fingerprint density at radius 2 is 1.56 bits per heavy atom. The van der Waals surface area contributed by atoms with Crippen LogP contribution < -0.4 is 0 Å². The van der Waals surface area contributed by atoms with Crippen molar-refractivity contribution < 1.29 is 16.8 Å². The predicted molar refractivity (Wildman–Crippen MR) is 71.2 cm³/mol. The van der Waals surface area contributed by atoms with Crippen LogP contribution in [0.5, 0.6) is 0 Å². The second-order valence-electron chi connectivity index (χ2n) is 2.81. The monoisotopic (exact) mass is 290 g/mol. The van der Waals surface area contributed by atoms with Crippen LogP contribution in [0.2, 0.25) is 0 Å². The van der Waals surface area contributed by atoms with Gasteiger partial charge in [0.25, 0.3) is 0 Å². The summed E-state index contributed by atoms with van der Waals surface area (Å²) in [7, 11) is 0. The van der Waals surface area contributed by atoms with Crippen LogP contribution in [0.25, 0.3) is 4.91 Å². The molecule has 0 saturated heterocycles. The first kappa shape index (κ1) is 15.3. The first-order chi connectivity index (χ1) is 7.34. The van der Waals surface area contributed by atoms with E-state index < -0.39 is 0 Å². The van der Waals surface area contributed by atoms with Crippen LogP contribution in [-0.4, -0.2) is 0 Å². The van der Waals surface area contributed by atoms with E-state index in [1.165, 1.54) is 5.41 Å². The van der Waals surface area contributed by atoms with Gasteiger partial charge in [0, 0.05) is 16.8 Å². The summed E-state index contributed by atoms with van der Waals surface area (Å²) in [6.45, 7) is 0. The zero-order chi connectivity index (χ0) is 10.9. The number of hydrogen-bond donors (Lipinski definition) is 0. The molecule has 0 aliphatic heterocycles. The van der Waals surface area contributed by atoms with Gasteiger partial charge in [0.1, 0.15) is 0 Å². The maximum absolute atomic E-state index is 4.96. The second kappa shape index (κ2) is 9.48. The van der Waals surface area contributed by atoms with E-state index in [0.29, 0.717) is 0 Å². The first-order valence-electron chi connectivity index (χ1n) is 4.56. The van der Waals surface area contributed by atoms with Crippen molar-refractivity contribution in [2.75, 3.05) is 0 Å². The average molecular weight is 290 g/mol. The third-order valence-corrected chi connectivity index (χ3v) is 2.46. The van der Waals surface area contributed by atoms with Gasteiger partial charge in [0.2, 0.25) is 0 Å². The Morgan fingerprint density at radius 3 is 1.94 bits per heavy atom. The molecule has 2 rings (SSSR count). The van der Waals surface area contributed by atoms with Gasteiger partial charge in [-0.2, -0.15) is 23.1 Å². The van der Waals surface area contributed by atoms with Crippen LogP contribution in [0.4, 0.5) is 0 Å². The van der Waals surface area contributed by atoms with Gasteiger partial charge in [-0.3, -0.25) is 0 Å². The SMILES string of the molecule is [Co].[S-]/C=C(\[S-])c1ccccc1.c1cc[cH-]c1. The van der Waals surface area contributed by atoms with Crippen LogP contribution in [0, 0.1) is 0 Å². The van der Waals surface area contributed by atoms with Crippen molar-refractivity contribution in [3.8, 4) is 0 Å². The van der Waals surface area contributed by atoms with E-state index in [1.54, 1.807) is 0 Å². The van der Waals surface area contributed by atoms with E-state index in [2.05, 4.69) is 0 Å².